The van der Waals surface area contributed by atoms with E-state index in [0.29, 0.717) is 6.61 Å². The molecule has 0 fully saturated rings. The summed E-state index contributed by atoms with van der Waals surface area (Å²) in [7, 11) is 0. The van der Waals surface area contributed by atoms with E-state index in [-0.39, 0.29) is 6.29 Å². The van der Waals surface area contributed by atoms with Crippen LogP contribution in [0.3, 0.4) is 0 Å². The summed E-state index contributed by atoms with van der Waals surface area (Å²) < 4.78 is 10.9. The van der Waals surface area contributed by atoms with E-state index in [4.69, 9.17) is 9.47 Å². The van der Waals surface area contributed by atoms with Crippen LogP contribution in [0.5, 0.6) is 5.75 Å². The first-order valence-electron chi connectivity index (χ1n) is 5.13. The summed E-state index contributed by atoms with van der Waals surface area (Å²) >= 11 is 0. The highest BCUT2D eigenvalue weighted by molar-refractivity contribution is 5.28. The van der Waals surface area contributed by atoms with Gasteiger partial charge in [0.15, 0.2) is 6.29 Å². The summed E-state index contributed by atoms with van der Waals surface area (Å²) in [6.07, 6.45) is 0.854. The van der Waals surface area contributed by atoms with E-state index in [9.17, 15) is 0 Å². The molecular formula is C12H18O2. The molecule has 0 aliphatic carbocycles. The molecule has 2 nitrogen and oxygen atoms in total. The van der Waals surface area contributed by atoms with Crippen molar-refractivity contribution in [1.29, 1.82) is 0 Å². The third kappa shape index (κ3) is 3.38. The largest absolute Gasteiger partial charge is 0.465 e. The second-order valence-electron chi connectivity index (χ2n) is 3.14. The molecule has 1 unspecified atom stereocenters. The number of ether oxygens (including phenoxy) is 2. The van der Waals surface area contributed by atoms with Crippen molar-refractivity contribution >= 4 is 0 Å². The summed E-state index contributed by atoms with van der Waals surface area (Å²) in [4.78, 5) is 0. The molecule has 0 spiro atoms. The predicted molar refractivity (Wildman–Crippen MR) is 57.5 cm³/mol. The molecule has 0 saturated heterocycles. The highest BCUT2D eigenvalue weighted by Crippen LogP contribution is 2.15. The summed E-state index contributed by atoms with van der Waals surface area (Å²) in [6, 6.07) is 8.11. The van der Waals surface area contributed by atoms with Gasteiger partial charge in [-0.25, -0.2) is 0 Å². The first kappa shape index (κ1) is 11.1. The Labute approximate surface area is 85.8 Å². The minimum atomic E-state index is -0.174. The van der Waals surface area contributed by atoms with Crippen molar-refractivity contribution in [2.24, 2.45) is 0 Å². The van der Waals surface area contributed by atoms with Crippen molar-refractivity contribution in [3.63, 3.8) is 0 Å². The number of hydrogen-bond acceptors (Lipinski definition) is 2. The Balaban J connectivity index is 2.57. The quantitative estimate of drug-likeness (QED) is 0.671. The molecule has 0 bridgehead atoms. The average Bonchev–Trinajstić information content (AvgIpc) is 2.18. The van der Waals surface area contributed by atoms with E-state index in [1.807, 2.05) is 26.0 Å². The molecule has 0 saturated carbocycles. The van der Waals surface area contributed by atoms with Crippen molar-refractivity contribution in [2.45, 2.75) is 33.5 Å². The van der Waals surface area contributed by atoms with Crippen LogP contribution in [0.2, 0.25) is 0 Å². The molecule has 0 radical (unpaired) electrons. The van der Waals surface area contributed by atoms with E-state index >= 15 is 0 Å². The van der Waals surface area contributed by atoms with Crippen LogP contribution in [0.25, 0.3) is 0 Å². The van der Waals surface area contributed by atoms with Crippen LogP contribution in [0, 0.1) is 0 Å². The minimum absolute atomic E-state index is 0.174. The van der Waals surface area contributed by atoms with Gasteiger partial charge in [-0.2, -0.15) is 0 Å². The summed E-state index contributed by atoms with van der Waals surface area (Å²) in [5, 5.41) is 0. The second-order valence-corrected chi connectivity index (χ2v) is 3.14. The molecule has 0 aliphatic heterocycles. The molecule has 0 heterocycles. The summed E-state index contributed by atoms with van der Waals surface area (Å²) in [6.45, 7) is 6.67. The van der Waals surface area contributed by atoms with Gasteiger partial charge < -0.3 is 9.47 Å². The Morgan fingerprint density at radius 3 is 2.71 bits per heavy atom. The molecule has 0 aliphatic rings. The molecule has 78 valence electrons. The van der Waals surface area contributed by atoms with Gasteiger partial charge in [0.1, 0.15) is 5.75 Å². The maximum atomic E-state index is 5.58. The zero-order chi connectivity index (χ0) is 10.4. The van der Waals surface area contributed by atoms with Gasteiger partial charge in [-0.15, -0.1) is 0 Å². The number of hydrogen-bond donors (Lipinski definition) is 0. The average molecular weight is 194 g/mol. The van der Waals surface area contributed by atoms with Crippen molar-refractivity contribution in [2.75, 3.05) is 6.61 Å². The fourth-order valence-electron chi connectivity index (χ4n) is 1.30. The first-order valence-corrected chi connectivity index (χ1v) is 5.13. The van der Waals surface area contributed by atoms with Gasteiger partial charge in [-0.05, 0) is 38.0 Å². The minimum Gasteiger partial charge on any atom is -0.465 e. The Morgan fingerprint density at radius 1 is 1.29 bits per heavy atom. The molecular weight excluding hydrogens is 176 g/mol. The van der Waals surface area contributed by atoms with E-state index in [1.165, 1.54) is 5.56 Å². The first-order chi connectivity index (χ1) is 6.76. The lowest BCUT2D eigenvalue weighted by Gasteiger charge is -2.14. The van der Waals surface area contributed by atoms with Gasteiger partial charge in [-0.1, -0.05) is 19.1 Å². The Hall–Kier alpha value is -1.02. The van der Waals surface area contributed by atoms with E-state index in [0.717, 1.165) is 12.2 Å². The number of rotatable bonds is 5. The maximum absolute atomic E-state index is 5.58. The van der Waals surface area contributed by atoms with Gasteiger partial charge >= 0.3 is 0 Å². The van der Waals surface area contributed by atoms with Crippen molar-refractivity contribution in [3.8, 4) is 5.75 Å². The van der Waals surface area contributed by atoms with Crippen LogP contribution >= 0.6 is 0 Å². The standard InChI is InChI=1S/C12H18O2/c1-4-11-7-6-8-12(9-11)14-10(3)13-5-2/h6-10H,4-5H2,1-3H3. The van der Waals surface area contributed by atoms with Crippen molar-refractivity contribution in [1.82, 2.24) is 0 Å². The molecule has 0 aromatic heterocycles. The smallest absolute Gasteiger partial charge is 0.196 e. The van der Waals surface area contributed by atoms with Crippen LogP contribution in [-0.4, -0.2) is 12.9 Å². The molecule has 1 aromatic rings. The molecule has 1 aromatic carbocycles. The second kappa shape index (κ2) is 5.66. The van der Waals surface area contributed by atoms with Gasteiger partial charge in [0.2, 0.25) is 0 Å². The fraction of sp³-hybridized carbons (Fsp3) is 0.500. The maximum Gasteiger partial charge on any atom is 0.196 e. The Morgan fingerprint density at radius 2 is 2.07 bits per heavy atom. The van der Waals surface area contributed by atoms with Crippen molar-refractivity contribution < 1.29 is 9.47 Å². The zero-order valence-corrected chi connectivity index (χ0v) is 9.12. The van der Waals surface area contributed by atoms with E-state index in [2.05, 4.69) is 19.1 Å². The van der Waals surface area contributed by atoms with E-state index < -0.39 is 0 Å². The Kier molecular flexibility index (Phi) is 4.47. The van der Waals surface area contributed by atoms with Gasteiger partial charge in [0.25, 0.3) is 0 Å². The van der Waals surface area contributed by atoms with Gasteiger partial charge in [-0.3, -0.25) is 0 Å². The molecule has 0 amide bonds. The Bertz CT molecular complexity index is 271. The lowest BCUT2D eigenvalue weighted by atomic mass is 10.2. The molecule has 2 heteroatoms. The number of benzene rings is 1. The van der Waals surface area contributed by atoms with Crippen LogP contribution in [-0.2, 0) is 11.2 Å². The summed E-state index contributed by atoms with van der Waals surface area (Å²) in [5.74, 6) is 0.880. The lowest BCUT2D eigenvalue weighted by molar-refractivity contribution is -0.0613. The van der Waals surface area contributed by atoms with Gasteiger partial charge in [0, 0.05) is 6.61 Å². The molecule has 0 N–H and O–H groups in total. The zero-order valence-electron chi connectivity index (χ0n) is 9.12. The van der Waals surface area contributed by atoms with E-state index in [1.54, 1.807) is 0 Å². The molecule has 1 rings (SSSR count). The highest BCUT2D eigenvalue weighted by atomic mass is 16.7. The van der Waals surface area contributed by atoms with Gasteiger partial charge in [0.05, 0.1) is 0 Å². The predicted octanol–water partition coefficient (Wildman–Crippen LogP) is 3.01. The highest BCUT2D eigenvalue weighted by Gasteiger charge is 2.02. The topological polar surface area (TPSA) is 18.5 Å². The van der Waals surface area contributed by atoms with Crippen LogP contribution in [0.4, 0.5) is 0 Å². The number of aryl methyl sites for hydroxylation is 1. The molecule has 1 atom stereocenters. The lowest BCUT2D eigenvalue weighted by Crippen LogP contribution is -2.15. The fourth-order valence-corrected chi connectivity index (χ4v) is 1.30. The van der Waals surface area contributed by atoms with Crippen molar-refractivity contribution in [3.05, 3.63) is 29.8 Å². The van der Waals surface area contributed by atoms with Crippen LogP contribution in [0.1, 0.15) is 26.3 Å². The molecule has 14 heavy (non-hydrogen) atoms. The van der Waals surface area contributed by atoms with Crippen LogP contribution < -0.4 is 4.74 Å². The third-order valence-electron chi connectivity index (χ3n) is 2.01. The summed E-state index contributed by atoms with van der Waals surface area (Å²) in [5.41, 5.74) is 1.28. The monoisotopic (exact) mass is 194 g/mol. The van der Waals surface area contributed by atoms with Crippen LogP contribution in [0.15, 0.2) is 24.3 Å². The third-order valence-corrected chi connectivity index (χ3v) is 2.01. The normalized spacial score (nSPS) is 12.5. The SMILES string of the molecule is CCOC(C)Oc1cccc(CC)c1.